The Labute approximate surface area is 183 Å². The van der Waals surface area contributed by atoms with Crippen molar-refractivity contribution in [3.8, 4) is 17.2 Å². The Morgan fingerprint density at radius 2 is 1.81 bits per heavy atom. The fourth-order valence-electron chi connectivity index (χ4n) is 2.99. The highest BCUT2D eigenvalue weighted by Gasteiger charge is 2.21. The van der Waals surface area contributed by atoms with Crippen molar-refractivity contribution in [1.29, 1.82) is 0 Å². The second-order valence-electron chi connectivity index (χ2n) is 6.64. The van der Waals surface area contributed by atoms with Crippen LogP contribution in [-0.4, -0.2) is 36.7 Å². The number of nitrogens with zero attached hydrogens (tertiary/aromatic N) is 3. The fourth-order valence-corrected chi connectivity index (χ4v) is 3.95. The molecule has 0 saturated heterocycles. The number of rotatable bonds is 8. The monoisotopic (exact) mass is 435 g/mol. The number of aromatic nitrogens is 2. The second kappa shape index (κ2) is 9.44. The first-order valence-corrected chi connectivity index (χ1v) is 10.4. The molecule has 0 aliphatic rings. The van der Waals surface area contributed by atoms with Crippen LogP contribution in [0.15, 0.2) is 67.0 Å². The molecule has 0 N–H and O–H groups in total. The van der Waals surface area contributed by atoms with Crippen molar-refractivity contribution >= 4 is 32.6 Å². The SMILES string of the molecule is COc1cccc(OCC(=O)N(Cc2cccnc2)c2nc3cc(OC)ccc3s2)c1. The Kier molecular flexibility index (Phi) is 6.28. The molecule has 0 saturated carbocycles. The summed E-state index contributed by atoms with van der Waals surface area (Å²) in [7, 11) is 3.20. The van der Waals surface area contributed by atoms with Crippen LogP contribution in [0.1, 0.15) is 5.56 Å². The lowest BCUT2D eigenvalue weighted by molar-refractivity contribution is -0.120. The fraction of sp³-hybridized carbons (Fsp3) is 0.174. The van der Waals surface area contributed by atoms with Gasteiger partial charge in [-0.15, -0.1) is 0 Å². The smallest absolute Gasteiger partial charge is 0.267 e. The van der Waals surface area contributed by atoms with Crippen LogP contribution in [0.3, 0.4) is 0 Å². The molecular weight excluding hydrogens is 414 g/mol. The van der Waals surface area contributed by atoms with Gasteiger partial charge in [-0.1, -0.05) is 23.5 Å². The van der Waals surface area contributed by atoms with Gasteiger partial charge >= 0.3 is 0 Å². The molecule has 158 valence electrons. The average molecular weight is 436 g/mol. The molecule has 31 heavy (non-hydrogen) atoms. The zero-order valence-corrected chi connectivity index (χ0v) is 18.0. The topological polar surface area (TPSA) is 73.8 Å². The van der Waals surface area contributed by atoms with E-state index in [-0.39, 0.29) is 12.5 Å². The standard InChI is InChI=1S/C23H21N3O4S/c1-28-17-6-3-7-19(11-17)30-15-22(27)26(14-16-5-4-10-24-13-16)23-25-20-12-18(29-2)8-9-21(20)31-23/h3-13H,14-15H2,1-2H3. The lowest BCUT2D eigenvalue weighted by atomic mass is 10.2. The summed E-state index contributed by atoms with van der Waals surface area (Å²) in [6, 6.07) is 16.6. The van der Waals surface area contributed by atoms with E-state index < -0.39 is 0 Å². The highest BCUT2D eigenvalue weighted by molar-refractivity contribution is 7.22. The number of pyridine rings is 1. The summed E-state index contributed by atoms with van der Waals surface area (Å²) in [5.41, 5.74) is 1.67. The molecule has 0 atom stereocenters. The molecule has 2 aromatic carbocycles. The Morgan fingerprint density at radius 1 is 1.00 bits per heavy atom. The number of benzene rings is 2. The lowest BCUT2D eigenvalue weighted by Crippen LogP contribution is -2.34. The molecule has 0 fully saturated rings. The zero-order valence-electron chi connectivity index (χ0n) is 17.1. The van der Waals surface area contributed by atoms with Crippen LogP contribution in [0, 0.1) is 0 Å². The number of hydrogen-bond acceptors (Lipinski definition) is 7. The number of fused-ring (bicyclic) bond motifs is 1. The normalized spacial score (nSPS) is 10.6. The third-order valence-electron chi connectivity index (χ3n) is 4.58. The summed E-state index contributed by atoms with van der Waals surface area (Å²) in [6.45, 7) is 0.206. The summed E-state index contributed by atoms with van der Waals surface area (Å²) < 4.78 is 17.2. The molecule has 4 rings (SSSR count). The summed E-state index contributed by atoms with van der Waals surface area (Å²) in [5, 5.41) is 0.589. The molecule has 0 bridgehead atoms. The summed E-state index contributed by atoms with van der Waals surface area (Å²) in [4.78, 5) is 23.6. The minimum atomic E-state index is -0.210. The molecule has 0 radical (unpaired) electrons. The maximum absolute atomic E-state index is 13.2. The largest absolute Gasteiger partial charge is 0.497 e. The number of amides is 1. The highest BCUT2D eigenvalue weighted by Crippen LogP contribution is 2.32. The average Bonchev–Trinajstić information content (AvgIpc) is 3.24. The van der Waals surface area contributed by atoms with Crippen molar-refractivity contribution in [1.82, 2.24) is 9.97 Å². The quantitative estimate of drug-likeness (QED) is 0.410. The number of anilines is 1. The van der Waals surface area contributed by atoms with E-state index in [0.29, 0.717) is 23.2 Å². The van der Waals surface area contributed by atoms with Gasteiger partial charge in [0.25, 0.3) is 5.91 Å². The van der Waals surface area contributed by atoms with E-state index in [0.717, 1.165) is 21.5 Å². The zero-order chi connectivity index (χ0) is 21.6. The van der Waals surface area contributed by atoms with Gasteiger partial charge in [-0.2, -0.15) is 0 Å². The number of ether oxygens (including phenoxy) is 3. The van der Waals surface area contributed by atoms with Gasteiger partial charge in [0.1, 0.15) is 17.2 Å². The van der Waals surface area contributed by atoms with E-state index in [4.69, 9.17) is 14.2 Å². The van der Waals surface area contributed by atoms with Crippen molar-refractivity contribution < 1.29 is 19.0 Å². The van der Waals surface area contributed by atoms with Crippen LogP contribution in [0.4, 0.5) is 5.13 Å². The Morgan fingerprint density at radius 3 is 2.58 bits per heavy atom. The first kappa shape index (κ1) is 20.6. The molecule has 0 aliphatic heterocycles. The van der Waals surface area contributed by atoms with Crippen LogP contribution in [0.5, 0.6) is 17.2 Å². The van der Waals surface area contributed by atoms with Crippen molar-refractivity contribution in [3.05, 3.63) is 72.6 Å². The maximum Gasteiger partial charge on any atom is 0.267 e. The van der Waals surface area contributed by atoms with Crippen LogP contribution in [-0.2, 0) is 11.3 Å². The number of thiazole rings is 1. The van der Waals surface area contributed by atoms with Gasteiger partial charge in [0.2, 0.25) is 0 Å². The van der Waals surface area contributed by atoms with Gasteiger partial charge in [0.05, 0.1) is 31.0 Å². The molecule has 2 aromatic heterocycles. The first-order valence-electron chi connectivity index (χ1n) is 9.57. The van der Waals surface area contributed by atoms with E-state index in [1.165, 1.54) is 11.3 Å². The van der Waals surface area contributed by atoms with Gasteiger partial charge in [0, 0.05) is 24.5 Å². The Hall–Kier alpha value is -3.65. The van der Waals surface area contributed by atoms with Gasteiger partial charge < -0.3 is 14.2 Å². The number of carbonyl (C=O) groups excluding carboxylic acids is 1. The molecule has 7 nitrogen and oxygen atoms in total. The molecule has 0 spiro atoms. The predicted octanol–water partition coefficient (Wildman–Crippen LogP) is 4.32. The first-order chi connectivity index (χ1) is 15.2. The van der Waals surface area contributed by atoms with Crippen LogP contribution in [0.2, 0.25) is 0 Å². The minimum Gasteiger partial charge on any atom is -0.497 e. The summed E-state index contributed by atoms with van der Waals surface area (Å²) >= 11 is 1.44. The van der Waals surface area contributed by atoms with E-state index in [9.17, 15) is 4.79 Å². The maximum atomic E-state index is 13.2. The van der Waals surface area contributed by atoms with Gasteiger partial charge in [-0.3, -0.25) is 14.7 Å². The molecule has 2 heterocycles. The third-order valence-corrected chi connectivity index (χ3v) is 5.64. The molecule has 0 aliphatic carbocycles. The van der Waals surface area contributed by atoms with Gasteiger partial charge in [-0.05, 0) is 35.9 Å². The third kappa shape index (κ3) is 4.92. The van der Waals surface area contributed by atoms with Crippen LogP contribution in [0.25, 0.3) is 10.2 Å². The lowest BCUT2D eigenvalue weighted by Gasteiger charge is -2.20. The van der Waals surface area contributed by atoms with Crippen LogP contribution >= 0.6 is 11.3 Å². The summed E-state index contributed by atoms with van der Waals surface area (Å²) in [6.07, 6.45) is 3.44. The molecule has 0 unspecified atom stereocenters. The van der Waals surface area contributed by atoms with Crippen molar-refractivity contribution in [3.63, 3.8) is 0 Å². The number of hydrogen-bond donors (Lipinski definition) is 0. The number of carbonyl (C=O) groups is 1. The molecule has 4 aromatic rings. The van der Waals surface area contributed by atoms with Crippen molar-refractivity contribution in [2.45, 2.75) is 6.54 Å². The van der Waals surface area contributed by atoms with Crippen molar-refractivity contribution in [2.24, 2.45) is 0 Å². The van der Waals surface area contributed by atoms with E-state index in [1.54, 1.807) is 43.6 Å². The van der Waals surface area contributed by atoms with E-state index in [2.05, 4.69) is 9.97 Å². The Balaban J connectivity index is 1.59. The van der Waals surface area contributed by atoms with E-state index >= 15 is 0 Å². The van der Waals surface area contributed by atoms with Crippen molar-refractivity contribution in [2.75, 3.05) is 25.7 Å². The highest BCUT2D eigenvalue weighted by atomic mass is 32.1. The van der Waals surface area contributed by atoms with Gasteiger partial charge in [0.15, 0.2) is 11.7 Å². The van der Waals surface area contributed by atoms with Crippen LogP contribution < -0.4 is 19.1 Å². The molecule has 1 amide bonds. The summed E-state index contributed by atoms with van der Waals surface area (Å²) in [5.74, 6) is 1.73. The molecule has 8 heteroatoms. The number of methoxy groups -OCH3 is 2. The minimum absolute atomic E-state index is 0.132. The second-order valence-corrected chi connectivity index (χ2v) is 7.65. The van der Waals surface area contributed by atoms with E-state index in [1.807, 2.05) is 42.5 Å². The molecular formula is C23H21N3O4S. The predicted molar refractivity (Wildman–Crippen MR) is 120 cm³/mol. The Bertz CT molecular complexity index is 1180. The van der Waals surface area contributed by atoms with Gasteiger partial charge in [-0.25, -0.2) is 4.98 Å².